The zero-order valence-electron chi connectivity index (χ0n) is 10.0. The van der Waals surface area contributed by atoms with E-state index in [4.69, 9.17) is 5.84 Å². The molecule has 0 aliphatic rings. The highest BCUT2D eigenvalue weighted by Gasteiger charge is 2.12. The molecule has 1 rings (SSSR count). The highest BCUT2D eigenvalue weighted by molar-refractivity contribution is 9.10. The lowest BCUT2D eigenvalue weighted by Gasteiger charge is -2.17. The van der Waals surface area contributed by atoms with Crippen molar-refractivity contribution in [2.45, 2.75) is 31.6 Å². The third kappa shape index (κ3) is 5.38. The van der Waals surface area contributed by atoms with Crippen LogP contribution >= 0.6 is 27.7 Å². The molecule has 17 heavy (non-hydrogen) atoms. The Kier molecular flexibility index (Phi) is 6.48. The zero-order chi connectivity index (χ0) is 12.8. The minimum Gasteiger partial charge on any atom is -0.271 e. The number of hydrazine groups is 1. The number of benzene rings is 1. The third-order valence-corrected chi connectivity index (χ3v) is 4.10. The molecule has 0 saturated heterocycles. The fraction of sp³-hybridized carbons (Fsp3) is 0.500. The van der Waals surface area contributed by atoms with Crippen LogP contribution in [0.5, 0.6) is 0 Å². The molecule has 96 valence electrons. The van der Waals surface area contributed by atoms with E-state index in [0.29, 0.717) is 17.2 Å². The summed E-state index contributed by atoms with van der Waals surface area (Å²) in [7, 11) is 0. The van der Waals surface area contributed by atoms with E-state index in [1.807, 2.05) is 11.8 Å². The maximum atomic E-state index is 13.6. The maximum Gasteiger partial charge on any atom is 0.126 e. The van der Waals surface area contributed by atoms with E-state index in [2.05, 4.69) is 35.2 Å². The fourth-order valence-electron chi connectivity index (χ4n) is 1.44. The van der Waals surface area contributed by atoms with E-state index < -0.39 is 0 Å². The summed E-state index contributed by atoms with van der Waals surface area (Å²) in [6.07, 6.45) is 0.599. The predicted octanol–water partition coefficient (Wildman–Crippen LogP) is 3.10. The van der Waals surface area contributed by atoms with Gasteiger partial charge in [-0.3, -0.25) is 11.3 Å². The van der Waals surface area contributed by atoms with Crippen molar-refractivity contribution < 1.29 is 4.39 Å². The van der Waals surface area contributed by atoms with Gasteiger partial charge in [0.25, 0.3) is 0 Å². The van der Waals surface area contributed by atoms with E-state index in [-0.39, 0.29) is 11.9 Å². The molecule has 2 nitrogen and oxygen atoms in total. The minimum absolute atomic E-state index is 0.0891. The normalized spacial score (nSPS) is 13.1. The number of hydrogen-bond acceptors (Lipinski definition) is 3. The van der Waals surface area contributed by atoms with Crippen LogP contribution in [0.15, 0.2) is 22.7 Å². The van der Waals surface area contributed by atoms with Gasteiger partial charge in [0, 0.05) is 16.3 Å². The van der Waals surface area contributed by atoms with Gasteiger partial charge in [-0.25, -0.2) is 4.39 Å². The molecule has 5 heteroatoms. The lowest BCUT2D eigenvalue weighted by atomic mass is 10.1. The largest absolute Gasteiger partial charge is 0.271 e. The number of halogens is 2. The molecule has 0 amide bonds. The van der Waals surface area contributed by atoms with Gasteiger partial charge in [-0.15, -0.1) is 0 Å². The van der Waals surface area contributed by atoms with Gasteiger partial charge in [-0.05, 0) is 35.4 Å². The molecule has 0 spiro atoms. The van der Waals surface area contributed by atoms with Gasteiger partial charge < -0.3 is 0 Å². The lowest BCUT2D eigenvalue weighted by Crippen LogP contribution is -2.39. The Bertz CT molecular complexity index is 360. The zero-order valence-corrected chi connectivity index (χ0v) is 12.4. The number of rotatable bonds is 6. The van der Waals surface area contributed by atoms with Crippen molar-refractivity contribution >= 4 is 27.7 Å². The van der Waals surface area contributed by atoms with Crippen molar-refractivity contribution in [2.75, 3.05) is 5.75 Å². The Morgan fingerprint density at radius 2 is 2.18 bits per heavy atom. The van der Waals surface area contributed by atoms with Crippen LogP contribution in [0.4, 0.5) is 4.39 Å². The van der Waals surface area contributed by atoms with Crippen LogP contribution in [0.25, 0.3) is 0 Å². The Morgan fingerprint density at radius 3 is 2.76 bits per heavy atom. The molecule has 0 radical (unpaired) electrons. The first-order valence-electron chi connectivity index (χ1n) is 5.54. The second kappa shape index (κ2) is 7.36. The third-order valence-electron chi connectivity index (χ3n) is 2.34. The average Bonchev–Trinajstić information content (AvgIpc) is 2.28. The van der Waals surface area contributed by atoms with Gasteiger partial charge in [-0.2, -0.15) is 11.8 Å². The quantitative estimate of drug-likeness (QED) is 0.625. The summed E-state index contributed by atoms with van der Waals surface area (Å²) in [5, 5.41) is 0.554. The minimum atomic E-state index is -0.178. The molecule has 0 saturated carbocycles. The molecule has 1 aromatic rings. The second-order valence-electron chi connectivity index (χ2n) is 4.19. The fourth-order valence-corrected chi connectivity index (χ4v) is 2.68. The van der Waals surface area contributed by atoms with Crippen LogP contribution in [0, 0.1) is 5.82 Å². The van der Waals surface area contributed by atoms with Crippen LogP contribution in [0.2, 0.25) is 0 Å². The van der Waals surface area contributed by atoms with Crippen molar-refractivity contribution in [3.63, 3.8) is 0 Å². The summed E-state index contributed by atoms with van der Waals surface area (Å²) in [5.41, 5.74) is 3.44. The summed E-state index contributed by atoms with van der Waals surface area (Å²) >= 11 is 5.16. The summed E-state index contributed by atoms with van der Waals surface area (Å²) in [6, 6.07) is 5.07. The molecule has 0 aliphatic heterocycles. The SMILES string of the molecule is CC(C)SCC(Cc1cc(Br)ccc1F)NN. The molecular formula is C12H18BrFN2S. The van der Waals surface area contributed by atoms with Crippen molar-refractivity contribution in [1.29, 1.82) is 0 Å². The number of hydrogen-bond donors (Lipinski definition) is 2. The monoisotopic (exact) mass is 320 g/mol. The summed E-state index contributed by atoms with van der Waals surface area (Å²) in [4.78, 5) is 0. The van der Waals surface area contributed by atoms with Crippen LogP contribution < -0.4 is 11.3 Å². The standard InChI is InChI=1S/C12H18BrFN2S/c1-8(2)17-7-11(16-15)6-9-5-10(13)3-4-12(9)14/h3-5,8,11,16H,6-7,15H2,1-2H3. The van der Waals surface area contributed by atoms with Crippen LogP contribution in [0.3, 0.4) is 0 Å². The van der Waals surface area contributed by atoms with Crippen LogP contribution in [-0.2, 0) is 6.42 Å². The molecule has 0 heterocycles. The van der Waals surface area contributed by atoms with Crippen LogP contribution in [0.1, 0.15) is 19.4 Å². The first-order valence-corrected chi connectivity index (χ1v) is 7.38. The lowest BCUT2D eigenvalue weighted by molar-refractivity contribution is 0.546. The molecule has 1 aromatic carbocycles. The van der Waals surface area contributed by atoms with Gasteiger partial charge in [0.2, 0.25) is 0 Å². The molecule has 0 aliphatic carbocycles. The summed E-state index contributed by atoms with van der Waals surface area (Å²) in [6.45, 7) is 4.27. The summed E-state index contributed by atoms with van der Waals surface area (Å²) < 4.78 is 14.5. The number of thioether (sulfide) groups is 1. The molecule has 3 N–H and O–H groups in total. The van der Waals surface area contributed by atoms with E-state index >= 15 is 0 Å². The van der Waals surface area contributed by atoms with Gasteiger partial charge in [0.15, 0.2) is 0 Å². The molecule has 1 atom stereocenters. The van der Waals surface area contributed by atoms with Crippen molar-refractivity contribution in [1.82, 2.24) is 5.43 Å². The molecular weight excluding hydrogens is 303 g/mol. The molecule has 0 fully saturated rings. The molecule has 0 bridgehead atoms. The molecule has 1 unspecified atom stereocenters. The Balaban J connectivity index is 2.63. The number of nitrogens with one attached hydrogen (secondary N) is 1. The van der Waals surface area contributed by atoms with Crippen molar-refractivity contribution in [3.05, 3.63) is 34.1 Å². The van der Waals surface area contributed by atoms with E-state index in [9.17, 15) is 4.39 Å². The van der Waals surface area contributed by atoms with E-state index in [1.165, 1.54) is 6.07 Å². The van der Waals surface area contributed by atoms with E-state index in [0.717, 1.165) is 10.2 Å². The Labute approximate surface area is 115 Å². The van der Waals surface area contributed by atoms with Crippen LogP contribution in [-0.4, -0.2) is 17.0 Å². The van der Waals surface area contributed by atoms with Crippen molar-refractivity contribution in [2.24, 2.45) is 5.84 Å². The van der Waals surface area contributed by atoms with Gasteiger partial charge >= 0.3 is 0 Å². The Hall–Kier alpha value is -0.100. The highest BCUT2D eigenvalue weighted by Crippen LogP contribution is 2.19. The van der Waals surface area contributed by atoms with Gasteiger partial charge in [-0.1, -0.05) is 29.8 Å². The average molecular weight is 321 g/mol. The second-order valence-corrected chi connectivity index (χ2v) is 6.71. The number of nitrogens with two attached hydrogens (primary N) is 1. The van der Waals surface area contributed by atoms with Gasteiger partial charge in [0.1, 0.15) is 5.82 Å². The summed E-state index contributed by atoms with van der Waals surface area (Å²) in [5.74, 6) is 6.19. The predicted molar refractivity (Wildman–Crippen MR) is 76.5 cm³/mol. The van der Waals surface area contributed by atoms with Gasteiger partial charge in [0.05, 0.1) is 0 Å². The highest BCUT2D eigenvalue weighted by atomic mass is 79.9. The first kappa shape index (κ1) is 15.0. The topological polar surface area (TPSA) is 38.0 Å². The Morgan fingerprint density at radius 1 is 1.47 bits per heavy atom. The first-order chi connectivity index (χ1) is 8.02. The maximum absolute atomic E-state index is 13.6. The smallest absolute Gasteiger partial charge is 0.126 e. The van der Waals surface area contributed by atoms with Crippen molar-refractivity contribution in [3.8, 4) is 0 Å². The molecule has 0 aromatic heterocycles. The van der Waals surface area contributed by atoms with E-state index in [1.54, 1.807) is 12.1 Å².